The van der Waals surface area contributed by atoms with Crippen molar-refractivity contribution in [2.24, 2.45) is 0 Å². The number of nitrogens with one attached hydrogen (secondary N) is 1. The highest BCUT2D eigenvalue weighted by molar-refractivity contribution is 5.61. The quantitative estimate of drug-likeness (QED) is 0.598. The summed E-state index contributed by atoms with van der Waals surface area (Å²) in [4.78, 5) is 17.4. The van der Waals surface area contributed by atoms with E-state index in [-0.39, 0.29) is 5.92 Å². The van der Waals surface area contributed by atoms with Crippen LogP contribution < -0.4 is 5.32 Å². The van der Waals surface area contributed by atoms with Gasteiger partial charge in [0, 0.05) is 53.9 Å². The molecule has 0 unspecified atom stereocenters. The molecule has 0 fully saturated rings. The van der Waals surface area contributed by atoms with Crippen molar-refractivity contribution in [3.05, 3.63) is 66.6 Å². The molecule has 0 saturated heterocycles. The molecule has 0 spiro atoms. The Bertz CT molecular complexity index is 1020. The van der Waals surface area contributed by atoms with Crippen molar-refractivity contribution in [1.82, 2.24) is 29.5 Å². The Hall–Kier alpha value is -3.35. The summed E-state index contributed by atoms with van der Waals surface area (Å²) >= 11 is 0. The van der Waals surface area contributed by atoms with E-state index in [1.807, 2.05) is 49.8 Å². The summed E-state index contributed by atoms with van der Waals surface area (Å²) in [5, 5.41) is 7.73. The maximum absolute atomic E-state index is 4.42. The predicted molar refractivity (Wildman–Crippen MR) is 99.9 cm³/mol. The molecule has 0 bridgehead atoms. The van der Waals surface area contributed by atoms with Gasteiger partial charge in [-0.3, -0.25) is 4.98 Å². The number of anilines is 1. The average molecular weight is 345 g/mol. The summed E-state index contributed by atoms with van der Waals surface area (Å²) in [6.07, 6.45) is 8.96. The first-order chi connectivity index (χ1) is 12.7. The number of rotatable bonds is 5. The molecule has 4 aromatic heterocycles. The molecule has 0 radical (unpaired) electrons. The average Bonchev–Trinajstić information content (AvgIpc) is 3.11. The van der Waals surface area contributed by atoms with E-state index in [9.17, 15) is 0 Å². The van der Waals surface area contributed by atoms with Crippen LogP contribution in [0.15, 0.2) is 55.4 Å². The number of fused-ring (bicyclic) bond motifs is 1. The van der Waals surface area contributed by atoms with Gasteiger partial charge >= 0.3 is 0 Å². The fourth-order valence-electron chi connectivity index (χ4n) is 2.79. The van der Waals surface area contributed by atoms with Gasteiger partial charge in [-0.2, -0.15) is 5.10 Å². The lowest BCUT2D eigenvalue weighted by molar-refractivity contribution is 0.805. The van der Waals surface area contributed by atoms with Crippen LogP contribution in [0.5, 0.6) is 0 Å². The van der Waals surface area contributed by atoms with Gasteiger partial charge in [-0.05, 0) is 25.1 Å². The molecule has 4 rings (SSSR count). The third-order valence-corrected chi connectivity index (χ3v) is 4.30. The normalized spacial score (nSPS) is 12.2. The van der Waals surface area contributed by atoms with Crippen LogP contribution in [0.1, 0.15) is 24.1 Å². The maximum atomic E-state index is 4.42. The van der Waals surface area contributed by atoms with Gasteiger partial charge in [0.1, 0.15) is 12.1 Å². The highest BCUT2D eigenvalue weighted by Gasteiger charge is 2.13. The van der Waals surface area contributed by atoms with Crippen molar-refractivity contribution in [3.63, 3.8) is 0 Å². The van der Waals surface area contributed by atoms with E-state index < -0.39 is 0 Å². The molecule has 4 aromatic rings. The first kappa shape index (κ1) is 16.1. The lowest BCUT2D eigenvalue weighted by Crippen LogP contribution is -2.11. The van der Waals surface area contributed by atoms with Crippen LogP contribution in [0.4, 0.5) is 5.82 Å². The molecule has 7 nitrogen and oxygen atoms in total. The van der Waals surface area contributed by atoms with Crippen LogP contribution in [0.2, 0.25) is 0 Å². The van der Waals surface area contributed by atoms with Gasteiger partial charge in [0.15, 0.2) is 5.65 Å². The number of hydrogen-bond acceptors (Lipinski definition) is 6. The van der Waals surface area contributed by atoms with E-state index >= 15 is 0 Å². The van der Waals surface area contributed by atoms with Crippen LogP contribution >= 0.6 is 0 Å². The number of hydrogen-bond donors (Lipinski definition) is 1. The third-order valence-electron chi connectivity index (χ3n) is 4.30. The topological polar surface area (TPSA) is 80.9 Å². The van der Waals surface area contributed by atoms with Gasteiger partial charge in [-0.25, -0.2) is 19.5 Å². The Kier molecular flexibility index (Phi) is 4.27. The fourth-order valence-corrected chi connectivity index (χ4v) is 2.79. The Balaban J connectivity index is 1.49. The van der Waals surface area contributed by atoms with Crippen molar-refractivity contribution in [3.8, 4) is 11.3 Å². The highest BCUT2D eigenvalue weighted by Crippen LogP contribution is 2.21. The molecular formula is C19H19N7. The van der Waals surface area contributed by atoms with E-state index in [1.54, 1.807) is 17.0 Å². The molecule has 0 saturated carbocycles. The second kappa shape index (κ2) is 6.87. The molecule has 0 aromatic carbocycles. The number of nitrogens with zero attached hydrogens (tertiary/aromatic N) is 6. The first-order valence-corrected chi connectivity index (χ1v) is 8.48. The molecule has 1 N–H and O–H groups in total. The highest BCUT2D eigenvalue weighted by atomic mass is 15.2. The largest absolute Gasteiger partial charge is 0.369 e. The Morgan fingerprint density at radius 1 is 1.12 bits per heavy atom. The summed E-state index contributed by atoms with van der Waals surface area (Å²) < 4.78 is 1.79. The number of pyridine rings is 1. The van der Waals surface area contributed by atoms with Crippen LogP contribution in [0.3, 0.4) is 0 Å². The molecule has 0 aliphatic heterocycles. The second-order valence-electron chi connectivity index (χ2n) is 6.25. The number of aromatic nitrogens is 6. The van der Waals surface area contributed by atoms with Crippen molar-refractivity contribution in [2.45, 2.75) is 19.8 Å². The second-order valence-corrected chi connectivity index (χ2v) is 6.25. The van der Waals surface area contributed by atoms with E-state index in [4.69, 9.17) is 0 Å². The molecule has 0 aliphatic carbocycles. The Morgan fingerprint density at radius 3 is 2.88 bits per heavy atom. The molecule has 7 heteroatoms. The standard InChI is InChI=1S/C19H19N7/c1-13(16-11-25-26-7-3-6-20-19(16)26)9-22-18-8-17(23-12-24-18)15-5-4-14(2)21-10-15/h3-8,10-13H,9H2,1-2H3,(H,22,23,24)/t13-/m1/s1. The van der Waals surface area contributed by atoms with Crippen molar-refractivity contribution < 1.29 is 0 Å². The number of aryl methyl sites for hydroxylation is 1. The van der Waals surface area contributed by atoms with Crippen LogP contribution in [-0.4, -0.2) is 36.1 Å². The Labute approximate surface area is 151 Å². The van der Waals surface area contributed by atoms with Crippen LogP contribution in [0.25, 0.3) is 16.9 Å². The smallest absolute Gasteiger partial charge is 0.158 e. The summed E-state index contributed by atoms with van der Waals surface area (Å²) in [5.74, 6) is 1.02. The van der Waals surface area contributed by atoms with E-state index in [0.717, 1.165) is 40.5 Å². The van der Waals surface area contributed by atoms with E-state index in [1.165, 1.54) is 0 Å². The molecule has 4 heterocycles. The molecular weight excluding hydrogens is 326 g/mol. The van der Waals surface area contributed by atoms with Gasteiger partial charge in [0.25, 0.3) is 0 Å². The molecule has 0 aliphatic rings. The van der Waals surface area contributed by atoms with Crippen molar-refractivity contribution >= 4 is 11.5 Å². The van der Waals surface area contributed by atoms with Crippen LogP contribution in [-0.2, 0) is 0 Å². The maximum Gasteiger partial charge on any atom is 0.158 e. The van der Waals surface area contributed by atoms with Gasteiger partial charge in [-0.1, -0.05) is 6.92 Å². The minimum absolute atomic E-state index is 0.238. The lowest BCUT2D eigenvalue weighted by Gasteiger charge is -2.12. The minimum Gasteiger partial charge on any atom is -0.369 e. The van der Waals surface area contributed by atoms with Crippen molar-refractivity contribution in [2.75, 3.05) is 11.9 Å². The van der Waals surface area contributed by atoms with Crippen molar-refractivity contribution in [1.29, 1.82) is 0 Å². The first-order valence-electron chi connectivity index (χ1n) is 8.48. The van der Waals surface area contributed by atoms with Crippen LogP contribution in [0, 0.1) is 6.92 Å². The SMILES string of the molecule is Cc1ccc(-c2cc(NC[C@@H](C)c3cnn4cccnc34)ncn2)cn1. The molecule has 26 heavy (non-hydrogen) atoms. The van der Waals surface area contributed by atoms with Gasteiger partial charge in [-0.15, -0.1) is 0 Å². The summed E-state index contributed by atoms with van der Waals surface area (Å²) in [6.45, 7) is 4.83. The van der Waals surface area contributed by atoms with E-state index in [0.29, 0.717) is 0 Å². The lowest BCUT2D eigenvalue weighted by atomic mass is 10.0. The molecule has 0 amide bonds. The van der Waals surface area contributed by atoms with Gasteiger partial charge in [0.05, 0.1) is 11.9 Å². The third kappa shape index (κ3) is 3.23. The van der Waals surface area contributed by atoms with Gasteiger partial charge < -0.3 is 5.32 Å². The summed E-state index contributed by atoms with van der Waals surface area (Å²) in [7, 11) is 0. The monoisotopic (exact) mass is 345 g/mol. The zero-order chi connectivity index (χ0) is 17.9. The summed E-state index contributed by atoms with van der Waals surface area (Å²) in [6, 6.07) is 7.80. The molecule has 130 valence electrons. The van der Waals surface area contributed by atoms with E-state index in [2.05, 4.69) is 37.3 Å². The molecule has 1 atom stereocenters. The zero-order valence-electron chi connectivity index (χ0n) is 14.7. The van der Waals surface area contributed by atoms with Gasteiger partial charge in [0.2, 0.25) is 0 Å². The summed E-state index contributed by atoms with van der Waals surface area (Å²) in [5.41, 5.74) is 4.80. The Morgan fingerprint density at radius 2 is 2.04 bits per heavy atom. The zero-order valence-corrected chi connectivity index (χ0v) is 14.7. The predicted octanol–water partition coefficient (Wildman–Crippen LogP) is 3.11. The fraction of sp³-hybridized carbons (Fsp3) is 0.211. The minimum atomic E-state index is 0.238.